The van der Waals surface area contributed by atoms with Gasteiger partial charge in [-0.3, -0.25) is 9.89 Å². The summed E-state index contributed by atoms with van der Waals surface area (Å²) in [5.74, 6) is 0.608. The molecule has 5 heteroatoms. The Labute approximate surface area is 153 Å². The smallest absolute Gasteiger partial charge is 0.255 e. The molecule has 0 aliphatic heterocycles. The van der Waals surface area contributed by atoms with Crippen LogP contribution in [0.4, 0.5) is 0 Å². The van der Waals surface area contributed by atoms with Crippen LogP contribution in [0.3, 0.4) is 0 Å². The van der Waals surface area contributed by atoms with Crippen molar-refractivity contribution in [3.05, 3.63) is 71.9 Å². The summed E-state index contributed by atoms with van der Waals surface area (Å²) in [5, 5.41) is 10.0. The van der Waals surface area contributed by atoms with E-state index in [1.54, 1.807) is 13.3 Å². The van der Waals surface area contributed by atoms with Crippen molar-refractivity contribution >= 4 is 5.91 Å². The van der Waals surface area contributed by atoms with Crippen molar-refractivity contribution in [3.63, 3.8) is 0 Å². The van der Waals surface area contributed by atoms with Crippen LogP contribution in [0, 0.1) is 0 Å². The number of benzene rings is 2. The van der Waals surface area contributed by atoms with E-state index in [1.165, 1.54) is 5.56 Å². The zero-order valence-electron chi connectivity index (χ0n) is 15.0. The van der Waals surface area contributed by atoms with Gasteiger partial charge in [0.25, 0.3) is 5.91 Å². The molecule has 1 amide bonds. The summed E-state index contributed by atoms with van der Waals surface area (Å²) >= 11 is 0. The molecular formula is C21H23N3O2. The lowest BCUT2D eigenvalue weighted by Gasteiger charge is -2.14. The molecule has 0 radical (unpaired) electrons. The number of H-pyrrole nitrogens is 1. The van der Waals surface area contributed by atoms with Gasteiger partial charge in [0.15, 0.2) is 0 Å². The molecule has 0 bridgehead atoms. The number of methoxy groups -OCH3 is 1. The Morgan fingerprint density at radius 2 is 2.00 bits per heavy atom. The van der Waals surface area contributed by atoms with Crippen molar-refractivity contribution < 1.29 is 9.53 Å². The van der Waals surface area contributed by atoms with Gasteiger partial charge in [-0.25, -0.2) is 0 Å². The third kappa shape index (κ3) is 4.30. The predicted molar refractivity (Wildman–Crippen MR) is 102 cm³/mol. The minimum Gasteiger partial charge on any atom is -0.497 e. The first-order valence-electron chi connectivity index (χ1n) is 8.70. The van der Waals surface area contributed by atoms with Crippen LogP contribution in [0.5, 0.6) is 5.75 Å². The molecule has 0 saturated carbocycles. The molecule has 3 rings (SSSR count). The van der Waals surface area contributed by atoms with Gasteiger partial charge >= 0.3 is 0 Å². The molecule has 0 fully saturated rings. The molecule has 1 unspecified atom stereocenters. The van der Waals surface area contributed by atoms with Gasteiger partial charge in [0.1, 0.15) is 5.75 Å². The number of hydrogen-bond acceptors (Lipinski definition) is 3. The van der Waals surface area contributed by atoms with Crippen molar-refractivity contribution in [3.8, 4) is 17.0 Å². The second-order valence-corrected chi connectivity index (χ2v) is 6.29. The lowest BCUT2D eigenvalue weighted by molar-refractivity contribution is 0.0939. The van der Waals surface area contributed by atoms with Crippen molar-refractivity contribution in [1.82, 2.24) is 15.5 Å². The fourth-order valence-corrected chi connectivity index (χ4v) is 2.86. The molecule has 2 N–H and O–H groups in total. The Hall–Kier alpha value is -3.08. The van der Waals surface area contributed by atoms with Crippen LogP contribution in [0.25, 0.3) is 11.3 Å². The zero-order valence-corrected chi connectivity index (χ0v) is 15.0. The fourth-order valence-electron chi connectivity index (χ4n) is 2.86. The number of rotatable bonds is 7. The van der Waals surface area contributed by atoms with Gasteiger partial charge in [-0.05, 0) is 37.5 Å². The van der Waals surface area contributed by atoms with Crippen molar-refractivity contribution in [1.29, 1.82) is 0 Å². The minimum absolute atomic E-state index is 0.0655. The van der Waals surface area contributed by atoms with E-state index in [0.29, 0.717) is 11.3 Å². The van der Waals surface area contributed by atoms with Crippen molar-refractivity contribution in [2.45, 2.75) is 25.8 Å². The van der Waals surface area contributed by atoms with E-state index >= 15 is 0 Å². The van der Waals surface area contributed by atoms with Crippen molar-refractivity contribution in [2.75, 3.05) is 7.11 Å². The first-order chi connectivity index (χ1) is 12.7. The molecule has 0 saturated heterocycles. The van der Waals surface area contributed by atoms with Crippen LogP contribution in [0.15, 0.2) is 60.8 Å². The topological polar surface area (TPSA) is 67.0 Å². The van der Waals surface area contributed by atoms with Crippen LogP contribution < -0.4 is 10.1 Å². The minimum atomic E-state index is -0.128. The molecule has 2 aromatic carbocycles. The molecule has 0 aliphatic rings. The van der Waals surface area contributed by atoms with Crippen LogP contribution in [0.1, 0.15) is 29.3 Å². The number of carbonyl (C=O) groups excluding carboxylic acids is 1. The first kappa shape index (κ1) is 17.7. The monoisotopic (exact) mass is 349 g/mol. The highest BCUT2D eigenvalue weighted by molar-refractivity contribution is 5.99. The van der Waals surface area contributed by atoms with Gasteiger partial charge in [-0.2, -0.15) is 5.10 Å². The van der Waals surface area contributed by atoms with E-state index < -0.39 is 0 Å². The van der Waals surface area contributed by atoms with Crippen LogP contribution in [-0.2, 0) is 6.42 Å². The quantitative estimate of drug-likeness (QED) is 0.681. The van der Waals surface area contributed by atoms with Crippen LogP contribution >= 0.6 is 0 Å². The maximum atomic E-state index is 12.7. The highest BCUT2D eigenvalue weighted by atomic mass is 16.5. The number of hydrogen-bond donors (Lipinski definition) is 2. The van der Waals surface area contributed by atoms with E-state index in [4.69, 9.17) is 4.74 Å². The van der Waals surface area contributed by atoms with Gasteiger partial charge in [-0.15, -0.1) is 0 Å². The molecule has 3 aromatic rings. The number of ether oxygens (including phenoxy) is 1. The highest BCUT2D eigenvalue weighted by Gasteiger charge is 2.17. The number of amides is 1. The number of carbonyl (C=O) groups is 1. The van der Waals surface area contributed by atoms with E-state index in [1.807, 2.05) is 49.4 Å². The van der Waals surface area contributed by atoms with E-state index in [2.05, 4.69) is 27.6 Å². The lowest BCUT2D eigenvalue weighted by Crippen LogP contribution is -2.33. The summed E-state index contributed by atoms with van der Waals surface area (Å²) in [5.41, 5.74) is 3.36. The third-order valence-electron chi connectivity index (χ3n) is 4.33. The Bertz CT molecular complexity index is 858. The van der Waals surface area contributed by atoms with Crippen LogP contribution in [-0.4, -0.2) is 29.3 Å². The molecule has 26 heavy (non-hydrogen) atoms. The van der Waals surface area contributed by atoms with Gasteiger partial charge in [0, 0.05) is 11.6 Å². The molecule has 0 spiro atoms. The van der Waals surface area contributed by atoms with E-state index in [-0.39, 0.29) is 11.9 Å². The average molecular weight is 349 g/mol. The lowest BCUT2D eigenvalue weighted by atomic mass is 10.0. The highest BCUT2D eigenvalue weighted by Crippen LogP contribution is 2.25. The normalized spacial score (nSPS) is 11.8. The van der Waals surface area contributed by atoms with E-state index in [9.17, 15) is 4.79 Å². The fraction of sp³-hybridized carbons (Fsp3) is 0.238. The summed E-state index contributed by atoms with van der Waals surface area (Å²) in [6.07, 6.45) is 3.37. The third-order valence-corrected chi connectivity index (χ3v) is 4.33. The predicted octanol–water partition coefficient (Wildman–Crippen LogP) is 3.84. The summed E-state index contributed by atoms with van der Waals surface area (Å²) in [7, 11) is 1.62. The van der Waals surface area contributed by atoms with Gasteiger partial charge in [0.2, 0.25) is 0 Å². The summed E-state index contributed by atoms with van der Waals surface area (Å²) in [4.78, 5) is 12.7. The average Bonchev–Trinajstić information content (AvgIpc) is 3.17. The SMILES string of the molecule is COc1cccc(-c2[nH]ncc2C(=O)NC(C)CCc2ccccc2)c1. The summed E-state index contributed by atoms with van der Waals surface area (Å²) in [6.45, 7) is 2.02. The Morgan fingerprint density at radius 1 is 1.19 bits per heavy atom. The number of aryl methyl sites for hydroxylation is 1. The standard InChI is InChI=1S/C21H23N3O2/c1-15(11-12-16-7-4-3-5-8-16)23-21(25)19-14-22-24-20(19)17-9-6-10-18(13-17)26-2/h3-10,13-15H,11-12H2,1-2H3,(H,22,24)(H,23,25). The maximum Gasteiger partial charge on any atom is 0.255 e. The Balaban J connectivity index is 1.66. The molecule has 1 heterocycles. The van der Waals surface area contributed by atoms with Crippen molar-refractivity contribution in [2.24, 2.45) is 0 Å². The number of aromatic nitrogens is 2. The molecule has 5 nitrogen and oxygen atoms in total. The largest absolute Gasteiger partial charge is 0.497 e. The van der Waals surface area contributed by atoms with E-state index in [0.717, 1.165) is 24.2 Å². The molecule has 1 aromatic heterocycles. The molecule has 1 atom stereocenters. The second kappa shape index (κ2) is 8.34. The molecule has 134 valence electrons. The molecular weight excluding hydrogens is 326 g/mol. The second-order valence-electron chi connectivity index (χ2n) is 6.29. The number of aromatic amines is 1. The van der Waals surface area contributed by atoms with Crippen LogP contribution in [0.2, 0.25) is 0 Å². The van der Waals surface area contributed by atoms with Gasteiger partial charge in [-0.1, -0.05) is 42.5 Å². The number of nitrogens with zero attached hydrogens (tertiary/aromatic N) is 1. The maximum absolute atomic E-state index is 12.7. The van der Waals surface area contributed by atoms with Gasteiger partial charge in [0.05, 0.1) is 24.6 Å². The molecule has 0 aliphatic carbocycles. The Kier molecular flexibility index (Phi) is 5.69. The van der Waals surface area contributed by atoms with Gasteiger partial charge < -0.3 is 10.1 Å². The summed E-state index contributed by atoms with van der Waals surface area (Å²) < 4.78 is 5.26. The first-order valence-corrected chi connectivity index (χ1v) is 8.70. The Morgan fingerprint density at radius 3 is 2.77 bits per heavy atom. The number of nitrogens with one attached hydrogen (secondary N) is 2. The summed E-state index contributed by atoms with van der Waals surface area (Å²) in [6, 6.07) is 17.9. The zero-order chi connectivity index (χ0) is 18.4.